The number of aliphatic hydroxyl groups is 1. The standard InChI is InChI=1S/C36H41N3O6Si/c1-23-34(46(3,4)28-11-9-27(44-2)10-12-28)31(16-19-40)45-36(23)29-21-26(38-18-15-33(38)42)8-13-30(29)39(35(36)43)22-24-6-5-7-25(20-24)37-17-14-32(37)41/h5-13,20-21,23,31,34,40H,14-19,22H2,1-4H3/t23-,31+,34-,36+/m1/s1. The smallest absolute Gasteiger partial charge is 0.264 e. The summed E-state index contributed by atoms with van der Waals surface area (Å²) in [4.78, 5) is 45.0. The summed E-state index contributed by atoms with van der Waals surface area (Å²) >= 11 is 0. The van der Waals surface area contributed by atoms with Gasteiger partial charge in [-0.1, -0.05) is 49.5 Å². The van der Waals surface area contributed by atoms with Crippen LogP contribution in [0.4, 0.5) is 17.1 Å². The molecule has 3 fully saturated rings. The Morgan fingerprint density at radius 1 is 0.935 bits per heavy atom. The van der Waals surface area contributed by atoms with Crippen molar-refractivity contribution in [2.24, 2.45) is 5.92 Å². The van der Waals surface area contributed by atoms with Gasteiger partial charge in [-0.15, -0.1) is 0 Å². The summed E-state index contributed by atoms with van der Waals surface area (Å²) in [7, 11) is -0.661. The average molecular weight is 640 g/mol. The Bertz CT molecular complexity index is 1710. The molecule has 0 bridgehead atoms. The van der Waals surface area contributed by atoms with Gasteiger partial charge in [0.2, 0.25) is 11.8 Å². The number of hydrogen-bond acceptors (Lipinski definition) is 6. The summed E-state index contributed by atoms with van der Waals surface area (Å²) in [6.07, 6.45) is 1.14. The van der Waals surface area contributed by atoms with Gasteiger partial charge in [-0.25, -0.2) is 0 Å². The van der Waals surface area contributed by atoms with Gasteiger partial charge in [-0.2, -0.15) is 0 Å². The van der Waals surface area contributed by atoms with Crippen LogP contribution in [0.1, 0.15) is 37.3 Å². The van der Waals surface area contributed by atoms with E-state index in [0.29, 0.717) is 38.9 Å². The van der Waals surface area contributed by atoms with E-state index in [1.165, 1.54) is 5.19 Å². The molecule has 4 aliphatic heterocycles. The number of fused-ring (bicyclic) bond motifs is 2. The third-order valence-electron chi connectivity index (χ3n) is 10.8. The minimum Gasteiger partial charge on any atom is -0.497 e. The first-order chi connectivity index (χ1) is 22.1. The fourth-order valence-electron chi connectivity index (χ4n) is 8.20. The van der Waals surface area contributed by atoms with Gasteiger partial charge in [-0.3, -0.25) is 14.4 Å². The van der Waals surface area contributed by atoms with Crippen molar-refractivity contribution in [3.63, 3.8) is 0 Å². The maximum Gasteiger partial charge on any atom is 0.264 e. The Morgan fingerprint density at radius 2 is 1.61 bits per heavy atom. The van der Waals surface area contributed by atoms with Crippen LogP contribution in [0.25, 0.3) is 0 Å². The van der Waals surface area contributed by atoms with Crippen molar-refractivity contribution in [3.05, 3.63) is 77.9 Å². The summed E-state index contributed by atoms with van der Waals surface area (Å²) in [5, 5.41) is 11.5. The number of amides is 3. The Kier molecular flexibility index (Phi) is 7.57. The van der Waals surface area contributed by atoms with Gasteiger partial charge in [0.15, 0.2) is 5.60 Å². The van der Waals surface area contributed by atoms with Gasteiger partial charge in [0, 0.05) is 55.4 Å². The molecule has 4 aliphatic rings. The lowest BCUT2D eigenvalue weighted by Gasteiger charge is -2.37. The topological polar surface area (TPSA) is 99.6 Å². The van der Waals surface area contributed by atoms with Crippen LogP contribution in [0.15, 0.2) is 66.7 Å². The van der Waals surface area contributed by atoms with E-state index in [9.17, 15) is 14.7 Å². The highest BCUT2D eigenvalue weighted by Gasteiger charge is 2.66. The summed E-state index contributed by atoms with van der Waals surface area (Å²) < 4.78 is 12.5. The van der Waals surface area contributed by atoms with Crippen LogP contribution in [0.5, 0.6) is 5.75 Å². The first-order valence-corrected chi connectivity index (χ1v) is 19.3. The summed E-state index contributed by atoms with van der Waals surface area (Å²) in [6, 6.07) is 21.9. The molecule has 0 saturated carbocycles. The Labute approximate surface area is 270 Å². The largest absolute Gasteiger partial charge is 0.497 e. The fraction of sp³-hybridized carbons (Fsp3) is 0.417. The van der Waals surface area contributed by atoms with Crippen LogP contribution < -0.4 is 24.6 Å². The number of nitrogens with zero attached hydrogens (tertiary/aromatic N) is 3. The molecule has 240 valence electrons. The maximum absolute atomic E-state index is 15.0. The van der Waals surface area contributed by atoms with Crippen LogP contribution >= 0.6 is 0 Å². The second-order valence-corrected chi connectivity index (χ2v) is 18.2. The highest BCUT2D eigenvalue weighted by Crippen LogP contribution is 2.60. The molecule has 9 nitrogen and oxygen atoms in total. The normalized spacial score (nSPS) is 25.6. The molecular formula is C36H41N3O6Si. The number of carbonyl (C=O) groups is 3. The molecule has 0 radical (unpaired) electrons. The van der Waals surface area contributed by atoms with E-state index >= 15 is 4.79 Å². The van der Waals surface area contributed by atoms with E-state index in [-0.39, 0.29) is 41.9 Å². The second-order valence-electron chi connectivity index (χ2n) is 13.5. The molecule has 3 aromatic carbocycles. The molecular weight excluding hydrogens is 598 g/mol. The van der Waals surface area contributed by atoms with Gasteiger partial charge in [0.05, 0.1) is 33.5 Å². The van der Waals surface area contributed by atoms with Gasteiger partial charge in [0.1, 0.15) is 5.75 Å². The Hall–Kier alpha value is -3.99. The first-order valence-electron chi connectivity index (χ1n) is 16.2. The molecule has 10 heteroatoms. The lowest BCUT2D eigenvalue weighted by molar-refractivity contribution is -0.146. The predicted molar refractivity (Wildman–Crippen MR) is 179 cm³/mol. The van der Waals surface area contributed by atoms with Crippen LogP contribution in [0.3, 0.4) is 0 Å². The molecule has 0 aromatic heterocycles. The zero-order chi connectivity index (χ0) is 32.4. The van der Waals surface area contributed by atoms with Crippen LogP contribution in [-0.2, 0) is 31.3 Å². The lowest BCUT2D eigenvalue weighted by atomic mass is 9.82. The van der Waals surface area contributed by atoms with Crippen molar-refractivity contribution >= 4 is 48.0 Å². The average Bonchev–Trinajstić information content (AvgIpc) is 3.46. The van der Waals surface area contributed by atoms with Gasteiger partial charge in [0.25, 0.3) is 5.91 Å². The molecule has 3 saturated heterocycles. The van der Waals surface area contributed by atoms with E-state index in [4.69, 9.17) is 9.47 Å². The predicted octanol–water partition coefficient (Wildman–Crippen LogP) is 4.31. The minimum absolute atomic E-state index is 0.0137. The highest BCUT2D eigenvalue weighted by atomic mass is 28.3. The fourth-order valence-corrected chi connectivity index (χ4v) is 12.3. The van der Waals surface area contributed by atoms with Gasteiger partial charge in [-0.05, 0) is 60.0 Å². The summed E-state index contributed by atoms with van der Waals surface area (Å²) in [6.45, 7) is 8.37. The number of rotatable bonds is 9. The number of benzene rings is 3. The third-order valence-corrected chi connectivity index (χ3v) is 15.2. The van der Waals surface area contributed by atoms with Crippen LogP contribution in [-0.4, -0.2) is 63.8 Å². The maximum atomic E-state index is 15.0. The van der Waals surface area contributed by atoms with E-state index < -0.39 is 13.7 Å². The quantitative estimate of drug-likeness (QED) is 0.277. The van der Waals surface area contributed by atoms with E-state index in [2.05, 4.69) is 32.2 Å². The number of aliphatic hydroxyl groups excluding tert-OH is 1. The number of carbonyl (C=O) groups excluding carboxylic acids is 3. The van der Waals surface area contributed by atoms with Crippen LogP contribution in [0, 0.1) is 5.92 Å². The minimum atomic E-state index is -2.32. The van der Waals surface area contributed by atoms with Crippen molar-refractivity contribution in [1.82, 2.24) is 0 Å². The zero-order valence-electron chi connectivity index (χ0n) is 26.9. The van der Waals surface area contributed by atoms with Crippen molar-refractivity contribution in [2.75, 3.05) is 41.5 Å². The first kappa shape index (κ1) is 30.6. The SMILES string of the molecule is COc1ccc([Si](C)(C)[C@H]2[C@H](CCO)O[C@@]3(C(=O)N(Cc4cccc(N5CCC5=O)c4)c4ccc(N5CCC5=O)cc43)[C@@H]2C)cc1. The molecule has 3 aromatic rings. The lowest BCUT2D eigenvalue weighted by Crippen LogP contribution is -2.51. The Morgan fingerprint density at radius 3 is 2.20 bits per heavy atom. The molecule has 7 rings (SSSR count). The van der Waals surface area contributed by atoms with Gasteiger partial charge >= 0.3 is 0 Å². The molecule has 0 unspecified atom stereocenters. The van der Waals surface area contributed by atoms with Crippen LogP contribution in [0.2, 0.25) is 18.6 Å². The number of β-lactam (4-membered cyclic amide) rings is 2. The molecule has 0 aliphatic carbocycles. The van der Waals surface area contributed by atoms with Crippen molar-refractivity contribution < 1.29 is 29.0 Å². The van der Waals surface area contributed by atoms with Gasteiger partial charge < -0.3 is 29.3 Å². The molecule has 1 N–H and O–H groups in total. The number of hydrogen-bond donors (Lipinski definition) is 1. The van der Waals surface area contributed by atoms with Crippen molar-refractivity contribution in [1.29, 1.82) is 0 Å². The Balaban J connectivity index is 1.31. The van der Waals surface area contributed by atoms with Crippen molar-refractivity contribution in [2.45, 2.75) is 63.1 Å². The molecule has 3 amide bonds. The van der Waals surface area contributed by atoms with E-state index in [1.54, 1.807) is 16.9 Å². The summed E-state index contributed by atoms with van der Waals surface area (Å²) in [5.41, 5.74) is 2.81. The zero-order valence-corrected chi connectivity index (χ0v) is 27.9. The second kappa shape index (κ2) is 11.4. The molecule has 4 heterocycles. The molecule has 1 spiro atoms. The highest BCUT2D eigenvalue weighted by molar-refractivity contribution is 6.91. The monoisotopic (exact) mass is 639 g/mol. The van der Waals surface area contributed by atoms with E-state index in [0.717, 1.165) is 33.9 Å². The number of methoxy groups -OCH3 is 1. The van der Waals surface area contributed by atoms with Crippen molar-refractivity contribution in [3.8, 4) is 5.75 Å². The molecule has 4 atom stereocenters. The number of ether oxygens (including phenoxy) is 2. The van der Waals surface area contributed by atoms with E-state index in [1.807, 2.05) is 59.5 Å². The number of anilines is 3. The summed E-state index contributed by atoms with van der Waals surface area (Å²) in [5.74, 6) is 0.620. The molecule has 46 heavy (non-hydrogen) atoms. The third kappa shape index (κ3) is 4.60.